The number of hydrogen-bond acceptors (Lipinski definition) is 3. The van der Waals surface area contributed by atoms with Crippen LogP contribution in [0.5, 0.6) is 0 Å². The highest BCUT2D eigenvalue weighted by molar-refractivity contribution is 5.51. The molecule has 0 radical (unpaired) electrons. The van der Waals surface area contributed by atoms with E-state index in [-0.39, 0.29) is 10.6 Å². The molecule has 0 heterocycles. The Balaban J connectivity index is 1.99. The highest BCUT2D eigenvalue weighted by Gasteiger charge is 2.07. The molecular weight excluding hydrogens is 240 g/mol. The molecule has 1 atom stereocenters. The van der Waals surface area contributed by atoms with Crippen LogP contribution in [0.1, 0.15) is 18.4 Å². The minimum absolute atomic E-state index is 0.109. The van der Waals surface area contributed by atoms with Gasteiger partial charge in [0.1, 0.15) is 0 Å². The lowest BCUT2D eigenvalue weighted by Gasteiger charge is -2.13. The molecule has 0 aromatic heterocycles. The fourth-order valence-corrected chi connectivity index (χ4v) is 1.90. The quantitative estimate of drug-likeness (QED) is 0.653. The van der Waals surface area contributed by atoms with Crippen molar-refractivity contribution in [2.75, 3.05) is 11.9 Å². The second-order valence-electron chi connectivity index (χ2n) is 4.50. The minimum Gasteiger partial charge on any atom is -0.384 e. The second kappa shape index (κ2) is 6.00. The van der Waals surface area contributed by atoms with Gasteiger partial charge in [0.25, 0.3) is 5.69 Å². The van der Waals surface area contributed by atoms with Crippen LogP contribution in [-0.2, 0) is 0 Å². The number of anilines is 1. The summed E-state index contributed by atoms with van der Waals surface area (Å²) in [7, 11) is 0. The highest BCUT2D eigenvalue weighted by atomic mass is 16.6. The molecule has 0 aliphatic rings. The molecule has 2 aromatic rings. The van der Waals surface area contributed by atoms with Crippen LogP contribution in [-0.4, -0.2) is 11.5 Å². The average Bonchev–Trinajstić information content (AvgIpc) is 2.46. The van der Waals surface area contributed by atoms with Crippen LogP contribution < -0.4 is 5.32 Å². The molecule has 1 unspecified atom stereocenters. The van der Waals surface area contributed by atoms with E-state index in [9.17, 15) is 10.1 Å². The fourth-order valence-electron chi connectivity index (χ4n) is 1.90. The zero-order valence-corrected chi connectivity index (χ0v) is 10.7. The Kier molecular flexibility index (Phi) is 4.13. The summed E-state index contributed by atoms with van der Waals surface area (Å²) in [5.74, 6) is 0.348. The van der Waals surface area contributed by atoms with Crippen molar-refractivity contribution in [1.29, 1.82) is 0 Å². The first-order valence-electron chi connectivity index (χ1n) is 6.20. The molecule has 2 aromatic carbocycles. The lowest BCUT2D eigenvalue weighted by atomic mass is 10.0. The van der Waals surface area contributed by atoms with Gasteiger partial charge in [0.05, 0.1) is 4.92 Å². The molecule has 0 aliphatic heterocycles. The number of nitrogens with one attached hydrogen (secondary N) is 1. The monoisotopic (exact) mass is 256 g/mol. The summed E-state index contributed by atoms with van der Waals surface area (Å²) in [5.41, 5.74) is 2.13. The molecular formula is C15H16N2O2. The van der Waals surface area contributed by atoms with Gasteiger partial charge in [0.2, 0.25) is 0 Å². The van der Waals surface area contributed by atoms with Crippen LogP contribution in [0.25, 0.3) is 0 Å². The number of rotatable bonds is 5. The van der Waals surface area contributed by atoms with Crippen LogP contribution in [0.2, 0.25) is 0 Å². The third kappa shape index (κ3) is 3.55. The molecule has 0 amide bonds. The van der Waals surface area contributed by atoms with Crippen molar-refractivity contribution in [3.8, 4) is 0 Å². The Bertz CT molecular complexity index is 555. The third-order valence-corrected chi connectivity index (χ3v) is 3.04. The summed E-state index contributed by atoms with van der Waals surface area (Å²) in [6.45, 7) is 2.87. The number of benzene rings is 2. The van der Waals surface area contributed by atoms with Crippen molar-refractivity contribution in [2.45, 2.75) is 12.8 Å². The van der Waals surface area contributed by atoms with Gasteiger partial charge in [-0.2, -0.15) is 0 Å². The first-order valence-corrected chi connectivity index (χ1v) is 6.20. The predicted octanol–water partition coefficient (Wildman–Crippen LogP) is 3.81. The zero-order chi connectivity index (χ0) is 13.7. The fraction of sp³-hybridized carbons (Fsp3) is 0.200. The second-order valence-corrected chi connectivity index (χ2v) is 4.50. The third-order valence-electron chi connectivity index (χ3n) is 3.04. The largest absolute Gasteiger partial charge is 0.384 e. The van der Waals surface area contributed by atoms with Crippen LogP contribution >= 0.6 is 0 Å². The Morgan fingerprint density at radius 2 is 1.89 bits per heavy atom. The molecule has 0 spiro atoms. The van der Waals surface area contributed by atoms with Gasteiger partial charge >= 0.3 is 0 Å². The van der Waals surface area contributed by atoms with Crippen molar-refractivity contribution >= 4 is 11.4 Å². The van der Waals surface area contributed by atoms with Gasteiger partial charge in [-0.05, 0) is 17.5 Å². The van der Waals surface area contributed by atoms with Gasteiger partial charge in [-0.1, -0.05) is 43.3 Å². The molecule has 19 heavy (non-hydrogen) atoms. The van der Waals surface area contributed by atoms with Gasteiger partial charge in [-0.25, -0.2) is 0 Å². The maximum absolute atomic E-state index is 10.7. The predicted molar refractivity (Wildman–Crippen MR) is 76.4 cm³/mol. The summed E-state index contributed by atoms with van der Waals surface area (Å²) in [5, 5.41) is 13.9. The van der Waals surface area contributed by atoms with Crippen LogP contribution in [0.4, 0.5) is 11.4 Å². The maximum Gasteiger partial charge on any atom is 0.271 e. The SMILES string of the molecule is CC(CNc1cccc([N+](=O)[O-])c1)c1ccccc1. The zero-order valence-electron chi connectivity index (χ0n) is 10.7. The summed E-state index contributed by atoms with van der Waals surface area (Å²) in [6.07, 6.45) is 0. The summed E-state index contributed by atoms with van der Waals surface area (Å²) < 4.78 is 0. The average molecular weight is 256 g/mol. The number of hydrogen-bond donors (Lipinski definition) is 1. The van der Waals surface area contributed by atoms with E-state index in [2.05, 4.69) is 24.4 Å². The molecule has 98 valence electrons. The van der Waals surface area contributed by atoms with Gasteiger partial charge in [-0.15, -0.1) is 0 Å². The Hall–Kier alpha value is -2.36. The molecule has 0 saturated carbocycles. The molecule has 1 N–H and O–H groups in total. The summed E-state index contributed by atoms with van der Waals surface area (Å²) in [6, 6.07) is 16.8. The topological polar surface area (TPSA) is 55.2 Å². The van der Waals surface area contributed by atoms with Gasteiger partial charge in [0.15, 0.2) is 0 Å². The van der Waals surface area contributed by atoms with E-state index in [1.54, 1.807) is 12.1 Å². The van der Waals surface area contributed by atoms with E-state index in [1.807, 2.05) is 24.3 Å². The van der Waals surface area contributed by atoms with Crippen LogP contribution in [0.15, 0.2) is 54.6 Å². The summed E-state index contributed by atoms with van der Waals surface area (Å²) >= 11 is 0. The van der Waals surface area contributed by atoms with E-state index in [0.717, 1.165) is 12.2 Å². The molecule has 4 heteroatoms. The molecule has 4 nitrogen and oxygen atoms in total. The molecule has 0 aliphatic carbocycles. The van der Waals surface area contributed by atoms with E-state index < -0.39 is 0 Å². The van der Waals surface area contributed by atoms with Crippen molar-refractivity contribution in [2.24, 2.45) is 0 Å². The maximum atomic E-state index is 10.7. The van der Waals surface area contributed by atoms with Crippen LogP contribution in [0.3, 0.4) is 0 Å². The first-order chi connectivity index (χ1) is 9.16. The van der Waals surface area contributed by atoms with Crippen LogP contribution in [0, 0.1) is 10.1 Å². The van der Waals surface area contributed by atoms with Gasteiger partial charge < -0.3 is 5.32 Å². The number of nitrogens with zero attached hydrogens (tertiary/aromatic N) is 1. The van der Waals surface area contributed by atoms with E-state index >= 15 is 0 Å². The first kappa shape index (κ1) is 13.1. The van der Waals surface area contributed by atoms with E-state index in [4.69, 9.17) is 0 Å². The minimum atomic E-state index is -0.383. The number of nitro groups is 1. The lowest BCUT2D eigenvalue weighted by Crippen LogP contribution is -2.09. The van der Waals surface area contributed by atoms with Crippen molar-refractivity contribution < 1.29 is 4.92 Å². The summed E-state index contributed by atoms with van der Waals surface area (Å²) in [4.78, 5) is 10.3. The van der Waals surface area contributed by atoms with Crippen molar-refractivity contribution in [3.05, 3.63) is 70.3 Å². The smallest absolute Gasteiger partial charge is 0.271 e. The molecule has 2 rings (SSSR count). The lowest BCUT2D eigenvalue weighted by molar-refractivity contribution is -0.384. The Labute approximate surface area is 112 Å². The molecule has 0 bridgehead atoms. The number of nitro benzene ring substituents is 1. The van der Waals surface area contributed by atoms with Gasteiger partial charge in [-0.3, -0.25) is 10.1 Å². The Morgan fingerprint density at radius 1 is 1.16 bits per heavy atom. The molecule has 0 saturated heterocycles. The molecule has 0 fully saturated rings. The standard InChI is InChI=1S/C15H16N2O2/c1-12(13-6-3-2-4-7-13)11-16-14-8-5-9-15(10-14)17(18)19/h2-10,12,16H,11H2,1H3. The van der Waals surface area contributed by atoms with Gasteiger partial charge in [0, 0.05) is 24.4 Å². The van der Waals surface area contributed by atoms with E-state index in [0.29, 0.717) is 5.92 Å². The van der Waals surface area contributed by atoms with Crippen molar-refractivity contribution in [3.63, 3.8) is 0 Å². The van der Waals surface area contributed by atoms with E-state index in [1.165, 1.54) is 11.6 Å². The normalized spacial score (nSPS) is 11.8. The number of non-ortho nitro benzene ring substituents is 1. The highest BCUT2D eigenvalue weighted by Crippen LogP contribution is 2.19. The Morgan fingerprint density at radius 3 is 2.58 bits per heavy atom. The van der Waals surface area contributed by atoms with Crippen molar-refractivity contribution in [1.82, 2.24) is 0 Å².